The van der Waals surface area contributed by atoms with Crippen molar-refractivity contribution in [1.82, 2.24) is 4.90 Å². The number of ether oxygens (including phenoxy) is 3. The third-order valence-electron chi connectivity index (χ3n) is 6.87. The SMILES string of the molecule is COc1ccc(Cl)cc1C1=C(CN2COCO[C@H](c3cc(F)cc(F)c3)[C@@H]2C)CC(C)(C)CC1. The highest BCUT2D eigenvalue weighted by Crippen LogP contribution is 2.45. The molecular formula is C27H32ClF2NO3. The summed E-state index contributed by atoms with van der Waals surface area (Å²) >= 11 is 6.36. The minimum absolute atomic E-state index is 0.0587. The topological polar surface area (TPSA) is 30.9 Å². The molecule has 184 valence electrons. The van der Waals surface area contributed by atoms with Crippen molar-refractivity contribution in [3.63, 3.8) is 0 Å². The molecule has 0 amide bonds. The van der Waals surface area contributed by atoms with Crippen LogP contribution >= 0.6 is 11.6 Å². The van der Waals surface area contributed by atoms with Crippen LogP contribution in [0.5, 0.6) is 5.75 Å². The van der Waals surface area contributed by atoms with Gasteiger partial charge in [0.1, 0.15) is 37.0 Å². The monoisotopic (exact) mass is 491 g/mol. The Balaban J connectivity index is 1.70. The predicted octanol–water partition coefficient (Wildman–Crippen LogP) is 6.98. The fourth-order valence-electron chi connectivity index (χ4n) is 5.08. The number of halogens is 3. The molecule has 0 bridgehead atoms. The van der Waals surface area contributed by atoms with Crippen molar-refractivity contribution in [2.45, 2.75) is 52.2 Å². The zero-order valence-electron chi connectivity index (χ0n) is 20.2. The summed E-state index contributed by atoms with van der Waals surface area (Å²) in [6.45, 7) is 7.64. The zero-order valence-corrected chi connectivity index (χ0v) is 20.9. The van der Waals surface area contributed by atoms with Gasteiger partial charge in [-0.15, -0.1) is 0 Å². The maximum Gasteiger partial charge on any atom is 0.149 e. The first kappa shape index (κ1) is 25.1. The Morgan fingerprint density at radius 3 is 2.59 bits per heavy atom. The van der Waals surface area contributed by atoms with Crippen LogP contribution in [0.1, 0.15) is 57.3 Å². The summed E-state index contributed by atoms with van der Waals surface area (Å²) < 4.78 is 45.2. The molecule has 2 aromatic rings. The molecule has 0 unspecified atom stereocenters. The Kier molecular flexibility index (Phi) is 7.63. The summed E-state index contributed by atoms with van der Waals surface area (Å²) in [5.41, 5.74) is 4.17. The van der Waals surface area contributed by atoms with Crippen molar-refractivity contribution in [3.8, 4) is 5.75 Å². The van der Waals surface area contributed by atoms with E-state index in [2.05, 4.69) is 18.7 Å². The highest BCUT2D eigenvalue weighted by atomic mass is 35.5. The van der Waals surface area contributed by atoms with Gasteiger partial charge in [0.15, 0.2) is 0 Å². The molecule has 2 atom stereocenters. The second-order valence-electron chi connectivity index (χ2n) is 10.00. The van der Waals surface area contributed by atoms with Gasteiger partial charge >= 0.3 is 0 Å². The lowest BCUT2D eigenvalue weighted by molar-refractivity contribution is -0.0737. The Hall–Kier alpha value is -1.99. The smallest absolute Gasteiger partial charge is 0.149 e. The van der Waals surface area contributed by atoms with E-state index in [0.29, 0.717) is 23.9 Å². The van der Waals surface area contributed by atoms with Crippen LogP contribution in [0.2, 0.25) is 5.02 Å². The molecule has 1 aliphatic carbocycles. The van der Waals surface area contributed by atoms with Gasteiger partial charge in [0.2, 0.25) is 0 Å². The highest BCUT2D eigenvalue weighted by Gasteiger charge is 2.34. The molecule has 4 nitrogen and oxygen atoms in total. The Labute approximate surface area is 205 Å². The quantitative estimate of drug-likeness (QED) is 0.451. The molecule has 2 aromatic carbocycles. The molecule has 0 spiro atoms. The van der Waals surface area contributed by atoms with Crippen molar-refractivity contribution in [1.29, 1.82) is 0 Å². The number of allylic oxidation sites excluding steroid dienone is 1. The lowest BCUT2D eigenvalue weighted by Crippen LogP contribution is -2.39. The zero-order chi connectivity index (χ0) is 24.5. The van der Waals surface area contributed by atoms with Crippen LogP contribution < -0.4 is 4.74 Å². The maximum absolute atomic E-state index is 13.9. The average Bonchev–Trinajstić information content (AvgIpc) is 2.94. The molecule has 0 radical (unpaired) electrons. The normalized spacial score (nSPS) is 23.6. The predicted molar refractivity (Wildman–Crippen MR) is 130 cm³/mol. The van der Waals surface area contributed by atoms with Gasteiger partial charge in [-0.25, -0.2) is 8.78 Å². The minimum Gasteiger partial charge on any atom is -0.496 e. The molecule has 1 heterocycles. The van der Waals surface area contributed by atoms with Crippen LogP contribution in [0.15, 0.2) is 42.0 Å². The van der Waals surface area contributed by atoms with Crippen molar-refractivity contribution < 1.29 is 23.0 Å². The van der Waals surface area contributed by atoms with Crippen LogP contribution in [0.3, 0.4) is 0 Å². The van der Waals surface area contributed by atoms with Gasteiger partial charge in [-0.1, -0.05) is 31.0 Å². The van der Waals surface area contributed by atoms with Crippen molar-refractivity contribution >= 4 is 17.2 Å². The molecule has 0 N–H and O–H groups in total. The van der Waals surface area contributed by atoms with Crippen LogP contribution in [-0.2, 0) is 9.47 Å². The summed E-state index contributed by atoms with van der Waals surface area (Å²) in [5, 5.41) is 0.667. The van der Waals surface area contributed by atoms with Crippen molar-refractivity contribution in [3.05, 3.63) is 69.8 Å². The van der Waals surface area contributed by atoms with Gasteiger partial charge in [-0.2, -0.15) is 0 Å². The number of hydrogen-bond acceptors (Lipinski definition) is 4. The van der Waals surface area contributed by atoms with Crippen LogP contribution in [0, 0.1) is 17.0 Å². The lowest BCUT2D eigenvalue weighted by Gasteiger charge is -2.38. The molecule has 1 aliphatic heterocycles. The van der Waals surface area contributed by atoms with Gasteiger partial charge in [0, 0.05) is 29.2 Å². The van der Waals surface area contributed by atoms with E-state index in [4.69, 9.17) is 25.8 Å². The van der Waals surface area contributed by atoms with E-state index in [-0.39, 0.29) is 18.2 Å². The maximum atomic E-state index is 13.9. The van der Waals surface area contributed by atoms with E-state index < -0.39 is 17.7 Å². The van der Waals surface area contributed by atoms with E-state index >= 15 is 0 Å². The molecule has 0 aromatic heterocycles. The van der Waals surface area contributed by atoms with Crippen molar-refractivity contribution in [2.75, 3.05) is 27.2 Å². The van der Waals surface area contributed by atoms with Crippen LogP contribution in [0.4, 0.5) is 8.78 Å². The molecular weight excluding hydrogens is 460 g/mol. The molecule has 1 saturated heterocycles. The van der Waals surface area contributed by atoms with Gasteiger partial charge < -0.3 is 14.2 Å². The minimum atomic E-state index is -0.616. The van der Waals surface area contributed by atoms with E-state index in [1.165, 1.54) is 23.3 Å². The highest BCUT2D eigenvalue weighted by molar-refractivity contribution is 6.30. The number of methoxy groups -OCH3 is 1. The summed E-state index contributed by atoms with van der Waals surface area (Å²) in [6.07, 6.45) is 2.37. The fraction of sp³-hybridized carbons (Fsp3) is 0.481. The fourth-order valence-corrected chi connectivity index (χ4v) is 5.25. The van der Waals surface area contributed by atoms with Crippen LogP contribution in [0.25, 0.3) is 5.57 Å². The van der Waals surface area contributed by atoms with Gasteiger partial charge in [-0.3, -0.25) is 4.90 Å². The van der Waals surface area contributed by atoms with Gasteiger partial charge in [-0.05, 0) is 73.1 Å². The van der Waals surface area contributed by atoms with E-state index in [1.54, 1.807) is 7.11 Å². The molecule has 2 aliphatic rings. The Bertz CT molecular complexity index is 1050. The third kappa shape index (κ3) is 5.62. The molecule has 4 rings (SSSR count). The van der Waals surface area contributed by atoms with Gasteiger partial charge in [0.25, 0.3) is 0 Å². The van der Waals surface area contributed by atoms with E-state index in [1.807, 2.05) is 25.1 Å². The Morgan fingerprint density at radius 2 is 1.88 bits per heavy atom. The van der Waals surface area contributed by atoms with E-state index in [0.717, 1.165) is 36.6 Å². The van der Waals surface area contributed by atoms with Crippen LogP contribution in [-0.4, -0.2) is 38.1 Å². The first-order chi connectivity index (χ1) is 16.2. The standard InChI is InChI=1S/C27H32ClF2NO3/c1-17-26(18-9-21(29)12-22(30)10-18)34-16-33-15-31(17)14-19-13-27(2,3)8-7-23(19)24-11-20(28)5-6-25(24)32-4/h5-6,9-12,17,26H,7-8,13-16H2,1-4H3/t17-,26-/m0/s1. The summed E-state index contributed by atoms with van der Waals surface area (Å²) in [6, 6.07) is 9.09. The molecule has 7 heteroatoms. The molecule has 0 saturated carbocycles. The summed E-state index contributed by atoms with van der Waals surface area (Å²) in [7, 11) is 1.67. The number of nitrogens with zero attached hydrogens (tertiary/aromatic N) is 1. The second kappa shape index (κ2) is 10.3. The first-order valence-electron chi connectivity index (χ1n) is 11.6. The van der Waals surface area contributed by atoms with E-state index in [9.17, 15) is 8.78 Å². The van der Waals surface area contributed by atoms with Crippen molar-refractivity contribution in [2.24, 2.45) is 5.41 Å². The molecule has 1 fully saturated rings. The average molecular weight is 492 g/mol. The number of hydrogen-bond donors (Lipinski definition) is 0. The molecule has 34 heavy (non-hydrogen) atoms. The van der Waals surface area contributed by atoms with Gasteiger partial charge in [0.05, 0.1) is 7.11 Å². The summed E-state index contributed by atoms with van der Waals surface area (Å²) in [4.78, 5) is 2.17. The third-order valence-corrected chi connectivity index (χ3v) is 7.10. The Morgan fingerprint density at radius 1 is 1.15 bits per heavy atom. The first-order valence-corrected chi connectivity index (χ1v) is 12.0. The summed E-state index contributed by atoms with van der Waals surface area (Å²) in [5.74, 6) is -0.433. The largest absolute Gasteiger partial charge is 0.496 e. The lowest BCUT2D eigenvalue weighted by atomic mass is 9.72. The second-order valence-corrected chi connectivity index (χ2v) is 10.4. The number of benzene rings is 2. The number of rotatable bonds is 5.